The lowest BCUT2D eigenvalue weighted by Gasteiger charge is -2.30. The molecule has 0 radical (unpaired) electrons. The van der Waals surface area contributed by atoms with E-state index in [1.165, 1.54) is 12.5 Å². The third-order valence-corrected chi connectivity index (χ3v) is 3.31. The van der Waals surface area contributed by atoms with Gasteiger partial charge in [0.15, 0.2) is 11.6 Å². The first-order valence-electron chi connectivity index (χ1n) is 6.52. The van der Waals surface area contributed by atoms with Gasteiger partial charge in [-0.2, -0.15) is 0 Å². The van der Waals surface area contributed by atoms with Gasteiger partial charge in [0.25, 0.3) is 0 Å². The first kappa shape index (κ1) is 13.9. The van der Waals surface area contributed by atoms with Gasteiger partial charge in [0, 0.05) is 18.3 Å². The molecule has 1 N–H and O–H groups in total. The summed E-state index contributed by atoms with van der Waals surface area (Å²) >= 11 is 0. The van der Waals surface area contributed by atoms with Crippen LogP contribution in [0.5, 0.6) is 0 Å². The zero-order chi connectivity index (χ0) is 13.8. The van der Waals surface area contributed by atoms with Crippen molar-refractivity contribution < 1.29 is 13.6 Å². The highest BCUT2D eigenvalue weighted by atomic mass is 19.2. The summed E-state index contributed by atoms with van der Waals surface area (Å²) in [5.74, 6) is -1.46. The minimum absolute atomic E-state index is 0.194. The van der Waals surface area contributed by atoms with Crippen LogP contribution in [0.15, 0.2) is 18.2 Å². The van der Waals surface area contributed by atoms with Crippen molar-refractivity contribution in [1.82, 2.24) is 4.90 Å². The number of nitrogens with one attached hydrogen (secondary N) is 1. The summed E-state index contributed by atoms with van der Waals surface area (Å²) in [5.41, 5.74) is 0.286. The molecule has 0 aromatic heterocycles. The van der Waals surface area contributed by atoms with Crippen LogP contribution in [-0.4, -0.2) is 30.4 Å². The van der Waals surface area contributed by atoms with Crippen LogP contribution < -0.4 is 5.32 Å². The van der Waals surface area contributed by atoms with Crippen LogP contribution in [0.25, 0.3) is 0 Å². The summed E-state index contributed by atoms with van der Waals surface area (Å²) in [7, 11) is 0. The Morgan fingerprint density at radius 2 is 2.21 bits per heavy atom. The molecule has 19 heavy (non-hydrogen) atoms. The van der Waals surface area contributed by atoms with Gasteiger partial charge in [-0.1, -0.05) is 6.92 Å². The fourth-order valence-electron chi connectivity index (χ4n) is 2.41. The van der Waals surface area contributed by atoms with Crippen LogP contribution in [0.2, 0.25) is 0 Å². The second-order valence-electron chi connectivity index (χ2n) is 5.16. The lowest BCUT2D eigenvalue weighted by Crippen LogP contribution is -2.39. The molecule has 2 rings (SSSR count). The molecular formula is C14H18F2N2O. The number of carbonyl (C=O) groups excluding carboxylic acids is 1. The number of nitrogens with zero attached hydrogens (tertiary/aromatic N) is 1. The van der Waals surface area contributed by atoms with Gasteiger partial charge >= 0.3 is 0 Å². The summed E-state index contributed by atoms with van der Waals surface area (Å²) < 4.78 is 25.8. The summed E-state index contributed by atoms with van der Waals surface area (Å²) in [5, 5.41) is 2.58. The SMILES string of the molecule is C[C@H]1CCCN(CC(=O)Nc2ccc(F)c(F)c2)C1. The second-order valence-corrected chi connectivity index (χ2v) is 5.16. The topological polar surface area (TPSA) is 32.3 Å². The van der Waals surface area contributed by atoms with Crippen molar-refractivity contribution >= 4 is 11.6 Å². The van der Waals surface area contributed by atoms with E-state index in [9.17, 15) is 13.6 Å². The summed E-state index contributed by atoms with van der Waals surface area (Å²) in [6.45, 7) is 4.28. The Labute approximate surface area is 111 Å². The van der Waals surface area contributed by atoms with E-state index in [1.807, 2.05) is 0 Å². The molecule has 104 valence electrons. The Kier molecular flexibility index (Phi) is 4.47. The predicted octanol–water partition coefficient (Wildman–Crippen LogP) is 2.64. The first-order valence-corrected chi connectivity index (χ1v) is 6.52. The molecule has 1 aliphatic rings. The average Bonchev–Trinajstić information content (AvgIpc) is 2.34. The fraction of sp³-hybridized carbons (Fsp3) is 0.500. The zero-order valence-electron chi connectivity index (χ0n) is 11.0. The van der Waals surface area contributed by atoms with Crippen molar-refractivity contribution in [3.8, 4) is 0 Å². The molecule has 1 saturated heterocycles. The molecule has 1 atom stereocenters. The number of rotatable bonds is 3. The number of likely N-dealkylation sites (tertiary alicyclic amines) is 1. The molecular weight excluding hydrogens is 250 g/mol. The van der Waals surface area contributed by atoms with E-state index >= 15 is 0 Å². The lowest BCUT2D eigenvalue weighted by atomic mass is 10.0. The van der Waals surface area contributed by atoms with Crippen LogP contribution in [-0.2, 0) is 4.79 Å². The molecule has 1 amide bonds. The molecule has 0 spiro atoms. The minimum atomic E-state index is -0.954. The van der Waals surface area contributed by atoms with Crippen LogP contribution in [0.1, 0.15) is 19.8 Å². The molecule has 1 heterocycles. The monoisotopic (exact) mass is 268 g/mol. The largest absolute Gasteiger partial charge is 0.325 e. The number of benzene rings is 1. The lowest BCUT2D eigenvalue weighted by molar-refractivity contribution is -0.117. The van der Waals surface area contributed by atoms with Crippen molar-refractivity contribution in [2.45, 2.75) is 19.8 Å². The van der Waals surface area contributed by atoms with E-state index in [4.69, 9.17) is 0 Å². The van der Waals surface area contributed by atoms with Crippen LogP contribution in [0.3, 0.4) is 0 Å². The van der Waals surface area contributed by atoms with Crippen LogP contribution in [0, 0.1) is 17.6 Å². The normalized spacial score (nSPS) is 20.3. The Bertz CT molecular complexity index is 465. The van der Waals surface area contributed by atoms with Gasteiger partial charge in [-0.25, -0.2) is 8.78 Å². The molecule has 0 bridgehead atoms. The summed E-state index contributed by atoms with van der Waals surface area (Å²) in [6.07, 6.45) is 2.29. The van der Waals surface area contributed by atoms with Gasteiger partial charge in [-0.3, -0.25) is 9.69 Å². The highest BCUT2D eigenvalue weighted by molar-refractivity contribution is 5.92. The molecule has 1 aromatic carbocycles. The van der Waals surface area contributed by atoms with Gasteiger partial charge in [-0.05, 0) is 37.4 Å². The minimum Gasteiger partial charge on any atom is -0.325 e. The summed E-state index contributed by atoms with van der Waals surface area (Å²) in [6, 6.07) is 3.36. The molecule has 1 aromatic rings. The van der Waals surface area contributed by atoms with Gasteiger partial charge in [0.1, 0.15) is 0 Å². The van der Waals surface area contributed by atoms with E-state index < -0.39 is 11.6 Å². The predicted molar refractivity (Wildman–Crippen MR) is 69.8 cm³/mol. The van der Waals surface area contributed by atoms with Crippen molar-refractivity contribution in [2.75, 3.05) is 25.0 Å². The summed E-state index contributed by atoms with van der Waals surface area (Å²) in [4.78, 5) is 13.9. The van der Waals surface area contributed by atoms with Crippen LogP contribution in [0.4, 0.5) is 14.5 Å². The van der Waals surface area contributed by atoms with Crippen LogP contribution >= 0.6 is 0 Å². The highest BCUT2D eigenvalue weighted by Crippen LogP contribution is 2.16. The molecule has 5 heteroatoms. The van der Waals surface area contributed by atoms with Crippen molar-refractivity contribution in [1.29, 1.82) is 0 Å². The molecule has 3 nitrogen and oxygen atoms in total. The quantitative estimate of drug-likeness (QED) is 0.914. The highest BCUT2D eigenvalue weighted by Gasteiger charge is 2.18. The van der Waals surface area contributed by atoms with Crippen molar-refractivity contribution in [2.24, 2.45) is 5.92 Å². The van der Waals surface area contributed by atoms with Gasteiger partial charge in [0.2, 0.25) is 5.91 Å². The molecule has 1 aliphatic heterocycles. The smallest absolute Gasteiger partial charge is 0.238 e. The second kappa shape index (κ2) is 6.10. The van der Waals surface area contributed by atoms with E-state index in [1.54, 1.807) is 0 Å². The van der Waals surface area contributed by atoms with E-state index in [-0.39, 0.29) is 11.6 Å². The van der Waals surface area contributed by atoms with Crippen molar-refractivity contribution in [3.63, 3.8) is 0 Å². The average molecular weight is 268 g/mol. The van der Waals surface area contributed by atoms with E-state index in [0.29, 0.717) is 12.5 Å². The number of hydrogen-bond donors (Lipinski definition) is 1. The maximum atomic E-state index is 13.0. The van der Waals surface area contributed by atoms with E-state index in [0.717, 1.165) is 31.6 Å². The number of piperidine rings is 1. The number of carbonyl (C=O) groups is 1. The molecule has 0 aliphatic carbocycles. The third-order valence-electron chi connectivity index (χ3n) is 3.31. The Morgan fingerprint density at radius 3 is 2.89 bits per heavy atom. The van der Waals surface area contributed by atoms with Crippen molar-refractivity contribution in [3.05, 3.63) is 29.8 Å². The Balaban J connectivity index is 1.88. The van der Waals surface area contributed by atoms with E-state index in [2.05, 4.69) is 17.1 Å². The zero-order valence-corrected chi connectivity index (χ0v) is 11.0. The van der Waals surface area contributed by atoms with Gasteiger partial charge in [-0.15, -0.1) is 0 Å². The fourth-order valence-corrected chi connectivity index (χ4v) is 2.41. The Hall–Kier alpha value is -1.49. The molecule has 0 saturated carbocycles. The standard InChI is InChI=1S/C14H18F2N2O/c1-10-3-2-6-18(8-10)9-14(19)17-11-4-5-12(15)13(16)7-11/h4-5,7,10H,2-3,6,8-9H2,1H3,(H,17,19)/t10-/m0/s1. The number of amides is 1. The third kappa shape index (κ3) is 3.99. The number of hydrogen-bond acceptors (Lipinski definition) is 2. The maximum Gasteiger partial charge on any atom is 0.238 e. The number of anilines is 1. The van der Waals surface area contributed by atoms with Gasteiger partial charge < -0.3 is 5.32 Å². The number of halogens is 2. The Morgan fingerprint density at radius 1 is 1.42 bits per heavy atom. The molecule has 0 unspecified atom stereocenters. The maximum absolute atomic E-state index is 13.0. The first-order chi connectivity index (χ1) is 9.04. The molecule has 1 fully saturated rings. The van der Waals surface area contributed by atoms with Gasteiger partial charge in [0.05, 0.1) is 6.54 Å².